The number of amides is 2. The van der Waals surface area contributed by atoms with E-state index in [-0.39, 0.29) is 18.6 Å². The maximum absolute atomic E-state index is 12.9. The molecule has 3 aromatic carbocycles. The standard InChI is InChI=1S/C30H36N2O3/c1-18(2)21-12-14-22(15-13-21)24-16-35-28-25(23-10-8-7-9-11-23)19(3)27(20(4)26(24)28)31-29(34)32-30(5,6)17-33/h7-15,18,24,33H,16-17H2,1-6H3,(H2,31,32,34). The third kappa shape index (κ3) is 4.92. The van der Waals surface area contributed by atoms with E-state index < -0.39 is 5.54 Å². The molecule has 3 aromatic rings. The summed E-state index contributed by atoms with van der Waals surface area (Å²) in [6.07, 6.45) is 0. The number of hydrogen-bond acceptors (Lipinski definition) is 3. The summed E-state index contributed by atoms with van der Waals surface area (Å²) in [7, 11) is 0. The van der Waals surface area contributed by atoms with Gasteiger partial charge in [0.2, 0.25) is 0 Å². The van der Waals surface area contributed by atoms with Crippen LogP contribution in [-0.2, 0) is 0 Å². The van der Waals surface area contributed by atoms with Gasteiger partial charge in [0.15, 0.2) is 0 Å². The van der Waals surface area contributed by atoms with Gasteiger partial charge in [0.05, 0.1) is 18.8 Å². The van der Waals surface area contributed by atoms with Gasteiger partial charge in [0.25, 0.3) is 0 Å². The zero-order valence-electron chi connectivity index (χ0n) is 21.5. The van der Waals surface area contributed by atoms with Crippen molar-refractivity contribution >= 4 is 11.7 Å². The summed E-state index contributed by atoms with van der Waals surface area (Å²) in [5.41, 5.74) is 7.70. The number of ether oxygens (including phenoxy) is 1. The molecule has 3 N–H and O–H groups in total. The number of carbonyl (C=O) groups excluding carboxylic acids is 1. The van der Waals surface area contributed by atoms with Crippen LogP contribution in [0.25, 0.3) is 11.1 Å². The molecule has 0 bridgehead atoms. The average molecular weight is 473 g/mol. The van der Waals surface area contributed by atoms with Crippen LogP contribution >= 0.6 is 0 Å². The van der Waals surface area contributed by atoms with E-state index in [4.69, 9.17) is 4.74 Å². The van der Waals surface area contributed by atoms with Gasteiger partial charge in [-0.2, -0.15) is 0 Å². The Bertz CT molecular complexity index is 1210. The van der Waals surface area contributed by atoms with Gasteiger partial charge in [-0.15, -0.1) is 0 Å². The quantitative estimate of drug-likeness (QED) is 0.383. The molecule has 1 unspecified atom stereocenters. The monoisotopic (exact) mass is 472 g/mol. The summed E-state index contributed by atoms with van der Waals surface area (Å²) < 4.78 is 6.39. The third-order valence-corrected chi connectivity index (χ3v) is 6.90. The first-order chi connectivity index (χ1) is 16.6. The van der Waals surface area contributed by atoms with E-state index in [0.717, 1.165) is 39.3 Å². The molecule has 0 saturated heterocycles. The predicted octanol–water partition coefficient (Wildman–Crippen LogP) is 6.51. The smallest absolute Gasteiger partial charge is 0.319 e. The molecule has 1 aliphatic heterocycles. The summed E-state index contributed by atoms with van der Waals surface area (Å²) in [4.78, 5) is 12.9. The van der Waals surface area contributed by atoms with E-state index in [1.54, 1.807) is 13.8 Å². The Hall–Kier alpha value is -3.31. The van der Waals surface area contributed by atoms with Gasteiger partial charge in [0, 0.05) is 22.7 Å². The molecular weight excluding hydrogens is 436 g/mol. The van der Waals surface area contributed by atoms with E-state index in [1.807, 2.05) is 25.1 Å². The van der Waals surface area contributed by atoms with Gasteiger partial charge >= 0.3 is 6.03 Å². The van der Waals surface area contributed by atoms with Crippen LogP contribution in [0.3, 0.4) is 0 Å². The van der Waals surface area contributed by atoms with Gasteiger partial charge in [-0.1, -0.05) is 68.4 Å². The summed E-state index contributed by atoms with van der Waals surface area (Å²) in [6.45, 7) is 12.5. The second kappa shape index (κ2) is 9.74. The van der Waals surface area contributed by atoms with E-state index >= 15 is 0 Å². The Morgan fingerprint density at radius 3 is 2.31 bits per heavy atom. The van der Waals surface area contributed by atoms with Crippen molar-refractivity contribution in [3.63, 3.8) is 0 Å². The normalized spacial score (nSPS) is 15.0. The number of aliphatic hydroxyl groups is 1. The van der Waals surface area contributed by atoms with Gasteiger partial charge < -0.3 is 20.5 Å². The van der Waals surface area contributed by atoms with E-state index in [1.165, 1.54) is 11.1 Å². The van der Waals surface area contributed by atoms with Gasteiger partial charge in [-0.25, -0.2) is 4.79 Å². The highest BCUT2D eigenvalue weighted by atomic mass is 16.5. The lowest BCUT2D eigenvalue weighted by Crippen LogP contribution is -2.48. The maximum Gasteiger partial charge on any atom is 0.319 e. The minimum absolute atomic E-state index is 0.0757. The lowest BCUT2D eigenvalue weighted by atomic mass is 9.84. The number of anilines is 1. The zero-order valence-corrected chi connectivity index (χ0v) is 21.5. The lowest BCUT2D eigenvalue weighted by molar-refractivity contribution is 0.187. The number of hydrogen-bond donors (Lipinski definition) is 3. The Morgan fingerprint density at radius 1 is 1.06 bits per heavy atom. The molecule has 35 heavy (non-hydrogen) atoms. The molecule has 0 saturated carbocycles. The number of urea groups is 1. The molecule has 0 aliphatic carbocycles. The molecule has 184 valence electrons. The van der Waals surface area contributed by atoms with Crippen molar-refractivity contribution in [2.75, 3.05) is 18.5 Å². The summed E-state index contributed by atoms with van der Waals surface area (Å²) in [5, 5.41) is 15.5. The van der Waals surface area contributed by atoms with Crippen molar-refractivity contribution in [2.45, 2.75) is 58.9 Å². The van der Waals surface area contributed by atoms with Crippen molar-refractivity contribution in [1.82, 2.24) is 5.32 Å². The fourth-order valence-corrected chi connectivity index (χ4v) is 4.84. The minimum atomic E-state index is -0.727. The topological polar surface area (TPSA) is 70.6 Å². The molecule has 0 radical (unpaired) electrons. The second-order valence-corrected chi connectivity index (χ2v) is 10.4. The van der Waals surface area contributed by atoms with Crippen LogP contribution in [-0.4, -0.2) is 29.9 Å². The van der Waals surface area contributed by atoms with Crippen LogP contribution in [0.5, 0.6) is 5.75 Å². The SMILES string of the molecule is Cc1c(NC(=O)NC(C)(C)CO)c(C)c2c(c1-c1ccccc1)OCC2c1ccc(C(C)C)cc1. The van der Waals surface area contributed by atoms with Crippen LogP contribution in [0.2, 0.25) is 0 Å². The maximum atomic E-state index is 12.9. The zero-order chi connectivity index (χ0) is 25.3. The molecular formula is C30H36N2O3. The van der Waals surface area contributed by atoms with Crippen LogP contribution in [0, 0.1) is 13.8 Å². The number of carbonyl (C=O) groups is 1. The average Bonchev–Trinajstić information content (AvgIpc) is 3.27. The van der Waals surface area contributed by atoms with E-state index in [0.29, 0.717) is 12.5 Å². The predicted molar refractivity (Wildman–Crippen MR) is 143 cm³/mol. The van der Waals surface area contributed by atoms with Crippen LogP contribution in [0.15, 0.2) is 54.6 Å². The molecule has 5 nitrogen and oxygen atoms in total. The molecule has 1 atom stereocenters. The summed E-state index contributed by atoms with van der Waals surface area (Å²) in [6, 6.07) is 18.6. The molecule has 4 rings (SSSR count). The summed E-state index contributed by atoms with van der Waals surface area (Å²) >= 11 is 0. The van der Waals surface area contributed by atoms with Crippen molar-refractivity contribution in [3.8, 4) is 16.9 Å². The van der Waals surface area contributed by atoms with Crippen molar-refractivity contribution < 1.29 is 14.6 Å². The highest BCUT2D eigenvalue weighted by Gasteiger charge is 2.34. The number of rotatable bonds is 6. The summed E-state index contributed by atoms with van der Waals surface area (Å²) in [5.74, 6) is 1.44. The molecule has 0 fully saturated rings. The second-order valence-electron chi connectivity index (χ2n) is 10.4. The lowest BCUT2D eigenvalue weighted by Gasteiger charge is -2.26. The van der Waals surface area contributed by atoms with Crippen molar-refractivity contribution in [3.05, 3.63) is 82.4 Å². The molecule has 1 aliphatic rings. The number of nitrogens with one attached hydrogen (secondary N) is 2. The Morgan fingerprint density at radius 2 is 1.71 bits per heavy atom. The van der Waals surface area contributed by atoms with Gasteiger partial charge in [0.1, 0.15) is 5.75 Å². The Kier molecular flexibility index (Phi) is 6.91. The van der Waals surface area contributed by atoms with Gasteiger partial charge in [-0.05, 0) is 61.4 Å². The highest BCUT2D eigenvalue weighted by molar-refractivity contribution is 5.95. The Balaban J connectivity index is 1.84. The minimum Gasteiger partial charge on any atom is -0.492 e. The molecule has 1 heterocycles. The molecule has 5 heteroatoms. The number of fused-ring (bicyclic) bond motifs is 1. The Labute approximate surface area is 208 Å². The molecule has 0 aromatic heterocycles. The molecule has 2 amide bonds. The number of benzene rings is 3. The number of aliphatic hydroxyl groups excluding tert-OH is 1. The van der Waals surface area contributed by atoms with Crippen molar-refractivity contribution in [2.24, 2.45) is 0 Å². The largest absolute Gasteiger partial charge is 0.492 e. The first kappa shape index (κ1) is 24.8. The fraction of sp³-hybridized carbons (Fsp3) is 0.367. The van der Waals surface area contributed by atoms with E-state index in [2.05, 4.69) is 67.8 Å². The fourth-order valence-electron chi connectivity index (χ4n) is 4.84. The van der Waals surface area contributed by atoms with Crippen molar-refractivity contribution in [1.29, 1.82) is 0 Å². The first-order valence-corrected chi connectivity index (χ1v) is 12.3. The van der Waals surface area contributed by atoms with Crippen LogP contribution < -0.4 is 15.4 Å². The first-order valence-electron chi connectivity index (χ1n) is 12.3. The highest BCUT2D eigenvalue weighted by Crippen LogP contribution is 2.50. The van der Waals surface area contributed by atoms with Crippen LogP contribution in [0.1, 0.15) is 67.3 Å². The third-order valence-electron chi connectivity index (χ3n) is 6.90. The van der Waals surface area contributed by atoms with Crippen LogP contribution in [0.4, 0.5) is 10.5 Å². The van der Waals surface area contributed by atoms with Gasteiger partial charge in [-0.3, -0.25) is 0 Å². The molecule has 0 spiro atoms. The van der Waals surface area contributed by atoms with E-state index in [9.17, 15) is 9.90 Å².